The fraction of sp³-hybridized carbons (Fsp3) is 0.300. The van der Waals surface area contributed by atoms with Crippen molar-refractivity contribution in [3.8, 4) is 5.30 Å². The Hall–Kier alpha value is -0.646. The van der Waals surface area contributed by atoms with Crippen LogP contribution in [-0.2, 0) is 0 Å². The van der Waals surface area contributed by atoms with Crippen LogP contribution in [0, 0.1) is 0 Å². The molecule has 0 bridgehead atoms. The molecule has 4 aromatic rings. The van der Waals surface area contributed by atoms with Gasteiger partial charge in [0.2, 0.25) is 0 Å². The number of thiophene rings is 2. The Labute approximate surface area is 161 Å². The predicted molar refractivity (Wildman–Crippen MR) is 127 cm³/mol. The van der Waals surface area contributed by atoms with Crippen LogP contribution in [0.1, 0.15) is 0 Å². The zero-order chi connectivity index (χ0) is 18.0. The van der Waals surface area contributed by atoms with Crippen LogP contribution in [0.25, 0.3) is 24.9 Å². The third-order valence-corrected chi connectivity index (χ3v) is 17.0. The van der Waals surface area contributed by atoms with Crippen LogP contribution in [0.2, 0.25) is 39.3 Å². The molecule has 0 N–H and O–H groups in total. The minimum absolute atomic E-state index is 0.359. The van der Waals surface area contributed by atoms with Crippen molar-refractivity contribution >= 4 is 75.0 Å². The Morgan fingerprint density at radius 3 is 1.52 bits per heavy atom. The van der Waals surface area contributed by atoms with Crippen LogP contribution in [0.3, 0.4) is 0 Å². The molecule has 3 aromatic heterocycles. The smallest absolute Gasteiger partial charge is 0.0904 e. The van der Waals surface area contributed by atoms with Crippen molar-refractivity contribution in [2.45, 2.75) is 39.3 Å². The maximum Gasteiger partial charge on any atom is 0.0904 e. The lowest BCUT2D eigenvalue weighted by molar-refractivity contribution is 1.76. The van der Waals surface area contributed by atoms with Crippen molar-refractivity contribution in [1.29, 1.82) is 0 Å². The maximum atomic E-state index is 2.58. The first-order valence-corrected chi connectivity index (χ1v) is 18.8. The molecular formula is C20H25PS2Si2. The fourth-order valence-corrected chi connectivity index (χ4v) is 13.0. The topological polar surface area (TPSA) is 0 Å². The minimum atomic E-state index is -1.27. The number of benzene rings is 1. The summed E-state index contributed by atoms with van der Waals surface area (Å²) in [6.45, 7) is 14.8. The van der Waals surface area contributed by atoms with Gasteiger partial charge in [0.15, 0.2) is 0 Å². The number of rotatable bonds is 3. The van der Waals surface area contributed by atoms with Gasteiger partial charge in [0.05, 0.1) is 25.5 Å². The van der Waals surface area contributed by atoms with Gasteiger partial charge in [-0.1, -0.05) is 77.1 Å². The predicted octanol–water partition coefficient (Wildman–Crippen LogP) is 7.18. The summed E-state index contributed by atoms with van der Waals surface area (Å²) < 4.78 is 6.51. The monoisotopic (exact) mass is 416 g/mol. The second kappa shape index (κ2) is 5.93. The van der Waals surface area contributed by atoms with Gasteiger partial charge in [0, 0.05) is 10.2 Å². The lowest BCUT2D eigenvalue weighted by Crippen LogP contribution is -2.34. The average Bonchev–Trinajstić information content (AvgIpc) is 3.16. The van der Waals surface area contributed by atoms with E-state index in [1.54, 1.807) is 28.6 Å². The van der Waals surface area contributed by atoms with Crippen molar-refractivity contribution in [3.05, 3.63) is 42.5 Å². The Balaban J connectivity index is 2.10. The summed E-state index contributed by atoms with van der Waals surface area (Å²) in [5, 5.41) is 4.77. The highest BCUT2D eigenvalue weighted by atomic mass is 32.1. The van der Waals surface area contributed by atoms with Crippen LogP contribution < -0.4 is 9.00 Å². The van der Waals surface area contributed by atoms with E-state index in [0.717, 1.165) is 0 Å². The number of hydrogen-bond donors (Lipinski definition) is 0. The first-order chi connectivity index (χ1) is 11.7. The number of hydrogen-bond acceptors (Lipinski definition) is 2. The van der Waals surface area contributed by atoms with E-state index in [0.29, 0.717) is 0 Å². The van der Waals surface area contributed by atoms with E-state index in [9.17, 15) is 0 Å². The lowest BCUT2D eigenvalue weighted by Gasteiger charge is -2.12. The molecule has 0 nitrogen and oxygen atoms in total. The Bertz CT molecular complexity index is 991. The first kappa shape index (κ1) is 17.8. The molecule has 0 aliphatic heterocycles. The van der Waals surface area contributed by atoms with Crippen molar-refractivity contribution < 1.29 is 0 Å². The fourth-order valence-electron chi connectivity index (χ4n) is 3.14. The molecule has 0 amide bonds. The van der Waals surface area contributed by atoms with Gasteiger partial charge in [0.25, 0.3) is 0 Å². The van der Waals surface area contributed by atoms with E-state index in [-0.39, 0.29) is 7.53 Å². The van der Waals surface area contributed by atoms with Crippen molar-refractivity contribution in [1.82, 2.24) is 0 Å². The summed E-state index contributed by atoms with van der Waals surface area (Å²) in [6, 6.07) is 16.4. The minimum Gasteiger partial charge on any atom is -0.143 e. The van der Waals surface area contributed by atoms with Crippen LogP contribution in [0.5, 0.6) is 0 Å². The summed E-state index contributed by atoms with van der Waals surface area (Å²) in [4.78, 5) is 0. The number of fused-ring (bicyclic) bond motifs is 3. The summed E-state index contributed by atoms with van der Waals surface area (Å²) in [5.74, 6) is 0. The molecule has 0 atom stereocenters. The molecule has 1 aromatic carbocycles. The van der Waals surface area contributed by atoms with E-state index < -0.39 is 16.1 Å². The molecule has 3 heterocycles. The van der Waals surface area contributed by atoms with Crippen LogP contribution >= 0.6 is 30.2 Å². The Morgan fingerprint density at radius 2 is 1.12 bits per heavy atom. The van der Waals surface area contributed by atoms with Crippen molar-refractivity contribution in [2.75, 3.05) is 0 Å². The van der Waals surface area contributed by atoms with E-state index in [1.165, 1.54) is 5.30 Å². The molecule has 0 aliphatic rings. The molecule has 0 radical (unpaired) electrons. The molecular weight excluding hydrogens is 392 g/mol. The second-order valence-corrected chi connectivity index (χ2v) is 23.9. The van der Waals surface area contributed by atoms with Gasteiger partial charge >= 0.3 is 0 Å². The standard InChI is InChI=1S/C20H25PS2Si2/c1-24(2,3)17-12-15-19(22-17)20-16(13-18(23-20)25(4,5)6)21(15)14-10-8-7-9-11-14/h7-13H,1-6H3. The summed E-state index contributed by atoms with van der Waals surface area (Å²) >= 11 is 4.20. The molecule has 0 saturated carbocycles. The van der Waals surface area contributed by atoms with Gasteiger partial charge in [-0.05, 0) is 26.4 Å². The molecule has 4 rings (SSSR count). The van der Waals surface area contributed by atoms with Crippen LogP contribution in [0.15, 0.2) is 42.5 Å². The lowest BCUT2D eigenvalue weighted by atomic mass is 10.4. The molecule has 0 saturated heterocycles. The van der Waals surface area contributed by atoms with E-state index in [2.05, 4.69) is 104 Å². The normalized spacial score (nSPS) is 13.2. The quantitative estimate of drug-likeness (QED) is 0.310. The molecule has 130 valence electrons. The summed E-state index contributed by atoms with van der Waals surface area (Å²) in [6.07, 6.45) is 0. The zero-order valence-corrected chi connectivity index (χ0v) is 20.3. The Kier molecular flexibility index (Phi) is 4.21. The van der Waals surface area contributed by atoms with Crippen molar-refractivity contribution in [2.24, 2.45) is 0 Å². The molecule has 0 fully saturated rings. The largest absolute Gasteiger partial charge is 0.143 e. The molecule has 0 spiro atoms. The van der Waals surface area contributed by atoms with Crippen LogP contribution in [0.4, 0.5) is 0 Å². The molecule has 5 heteroatoms. The molecule has 25 heavy (non-hydrogen) atoms. The third-order valence-electron chi connectivity index (χ3n) is 4.61. The molecule has 0 aliphatic carbocycles. The molecule has 0 unspecified atom stereocenters. The van der Waals surface area contributed by atoms with Gasteiger partial charge in [-0.2, -0.15) is 0 Å². The first-order valence-electron chi connectivity index (χ1n) is 8.80. The van der Waals surface area contributed by atoms with Gasteiger partial charge in [-0.15, -0.1) is 22.7 Å². The van der Waals surface area contributed by atoms with Gasteiger partial charge in [-0.3, -0.25) is 0 Å². The van der Waals surface area contributed by atoms with E-state index >= 15 is 0 Å². The zero-order valence-electron chi connectivity index (χ0n) is 15.8. The second-order valence-electron chi connectivity index (χ2n) is 8.82. The SMILES string of the molecule is C[Si](C)(C)c1cc2c(s1)c1sc([Si](C)(C)C)cc1p2-c1ccccc1. The van der Waals surface area contributed by atoms with Gasteiger partial charge in [-0.25, -0.2) is 0 Å². The average molecular weight is 417 g/mol. The van der Waals surface area contributed by atoms with Crippen molar-refractivity contribution in [3.63, 3.8) is 0 Å². The summed E-state index contributed by atoms with van der Waals surface area (Å²) in [7, 11) is -2.89. The van der Waals surface area contributed by atoms with E-state index in [4.69, 9.17) is 0 Å². The van der Waals surface area contributed by atoms with Gasteiger partial charge < -0.3 is 0 Å². The maximum absolute atomic E-state index is 2.58. The van der Waals surface area contributed by atoms with Crippen LogP contribution in [-0.4, -0.2) is 16.1 Å². The highest BCUT2D eigenvalue weighted by molar-refractivity contribution is 7.70. The Morgan fingerprint density at radius 1 is 0.680 bits per heavy atom. The highest BCUT2D eigenvalue weighted by Crippen LogP contribution is 2.57. The highest BCUT2D eigenvalue weighted by Gasteiger charge is 2.27. The third kappa shape index (κ3) is 3.02. The summed E-state index contributed by atoms with van der Waals surface area (Å²) in [5.41, 5.74) is 0. The van der Waals surface area contributed by atoms with E-state index in [1.807, 2.05) is 0 Å². The van der Waals surface area contributed by atoms with Gasteiger partial charge in [0.1, 0.15) is 0 Å².